The Kier molecular flexibility index (Phi) is 7.86. The number of sulfonamides is 1. The fraction of sp³-hybridized carbons (Fsp3) is 0.409. The molecule has 7 nitrogen and oxygen atoms in total. The van der Waals surface area contributed by atoms with Crippen molar-refractivity contribution in [1.82, 2.24) is 0 Å². The summed E-state index contributed by atoms with van der Waals surface area (Å²) in [5.74, 6) is -0.797. The molecule has 0 bridgehead atoms. The summed E-state index contributed by atoms with van der Waals surface area (Å²) in [6, 6.07) is 9.70. The van der Waals surface area contributed by atoms with Crippen molar-refractivity contribution < 1.29 is 23.1 Å². The molecule has 0 aliphatic rings. The minimum atomic E-state index is -3.90. The fourth-order valence-electron chi connectivity index (χ4n) is 2.92. The number of benzene rings is 2. The molecule has 1 amide bonds. The molecule has 3 N–H and O–H groups in total. The van der Waals surface area contributed by atoms with Gasteiger partial charge in [-0.25, -0.2) is 8.42 Å². The van der Waals surface area contributed by atoms with Crippen LogP contribution in [0.15, 0.2) is 41.3 Å². The molecule has 0 aliphatic carbocycles. The average Bonchev–Trinajstić information content (AvgIpc) is 2.65. The first-order chi connectivity index (χ1) is 14.1. The normalized spacial score (nSPS) is 12.5. The summed E-state index contributed by atoms with van der Waals surface area (Å²) in [5.41, 5.74) is 2.89. The Morgan fingerprint density at radius 2 is 1.73 bits per heavy atom. The predicted octanol–water partition coefficient (Wildman–Crippen LogP) is 3.71. The van der Waals surface area contributed by atoms with Crippen LogP contribution in [0.5, 0.6) is 5.75 Å². The molecule has 30 heavy (non-hydrogen) atoms. The summed E-state index contributed by atoms with van der Waals surface area (Å²) in [6.45, 7) is 9.30. The number of carbonyl (C=O) groups excluding carboxylic acids is 1. The maximum absolute atomic E-state index is 13.0. The Labute approximate surface area is 178 Å². The van der Waals surface area contributed by atoms with E-state index in [2.05, 4.69) is 10.0 Å². The maximum atomic E-state index is 13.0. The highest BCUT2D eigenvalue weighted by atomic mass is 32.2. The van der Waals surface area contributed by atoms with Crippen molar-refractivity contribution in [2.75, 3.05) is 23.3 Å². The van der Waals surface area contributed by atoms with Crippen molar-refractivity contribution in [3.8, 4) is 5.75 Å². The van der Waals surface area contributed by atoms with Crippen molar-refractivity contribution in [2.24, 2.45) is 11.8 Å². The molecule has 0 fully saturated rings. The molecule has 0 aromatic heterocycles. The number of aliphatic hydroxyl groups is 1. The van der Waals surface area contributed by atoms with Gasteiger partial charge in [-0.15, -0.1) is 0 Å². The van der Waals surface area contributed by atoms with Crippen molar-refractivity contribution in [1.29, 1.82) is 0 Å². The number of anilines is 2. The Hall–Kier alpha value is -2.58. The van der Waals surface area contributed by atoms with E-state index in [4.69, 9.17) is 4.74 Å². The first-order valence-corrected chi connectivity index (χ1v) is 11.4. The lowest BCUT2D eigenvalue weighted by Gasteiger charge is -2.19. The van der Waals surface area contributed by atoms with E-state index >= 15 is 0 Å². The molecule has 0 aliphatic heterocycles. The first kappa shape index (κ1) is 23.7. The maximum Gasteiger partial charge on any atom is 0.265 e. The summed E-state index contributed by atoms with van der Waals surface area (Å²) < 4.78 is 34.0. The van der Waals surface area contributed by atoms with Crippen LogP contribution in [0.4, 0.5) is 11.4 Å². The molecule has 2 rings (SSSR count). The fourth-order valence-corrected chi connectivity index (χ4v) is 4.10. The highest BCUT2D eigenvalue weighted by Crippen LogP contribution is 2.30. The van der Waals surface area contributed by atoms with Gasteiger partial charge in [-0.05, 0) is 62.1 Å². The number of nitrogens with one attached hydrogen (secondary N) is 2. The topological polar surface area (TPSA) is 105 Å². The van der Waals surface area contributed by atoms with Gasteiger partial charge in [0.2, 0.25) is 5.91 Å². The van der Waals surface area contributed by atoms with Gasteiger partial charge < -0.3 is 15.2 Å². The molecule has 8 heteroatoms. The molecule has 0 radical (unpaired) electrons. The molecular weight excluding hydrogens is 404 g/mol. The smallest absolute Gasteiger partial charge is 0.265 e. The Bertz CT molecular complexity index is 1000. The summed E-state index contributed by atoms with van der Waals surface area (Å²) in [6.07, 6.45) is 0. The van der Waals surface area contributed by atoms with Crippen LogP contribution in [-0.4, -0.2) is 32.6 Å². The Morgan fingerprint density at radius 1 is 1.07 bits per heavy atom. The second-order valence-electron chi connectivity index (χ2n) is 7.52. The lowest BCUT2D eigenvalue weighted by Crippen LogP contribution is -2.29. The van der Waals surface area contributed by atoms with E-state index < -0.39 is 15.9 Å². The highest BCUT2D eigenvalue weighted by molar-refractivity contribution is 7.92. The van der Waals surface area contributed by atoms with Gasteiger partial charge in [-0.1, -0.05) is 19.9 Å². The molecule has 0 spiro atoms. The molecule has 2 aromatic carbocycles. The number of rotatable bonds is 9. The second kappa shape index (κ2) is 9.95. The number of aryl methyl sites for hydroxylation is 2. The second-order valence-corrected chi connectivity index (χ2v) is 9.17. The number of hydrogen-bond donors (Lipinski definition) is 3. The average molecular weight is 435 g/mol. The van der Waals surface area contributed by atoms with E-state index in [0.717, 1.165) is 11.1 Å². The van der Waals surface area contributed by atoms with Gasteiger partial charge in [0.25, 0.3) is 10.0 Å². The summed E-state index contributed by atoms with van der Waals surface area (Å²) in [5, 5.41) is 12.2. The van der Waals surface area contributed by atoms with E-state index in [1.807, 2.05) is 33.8 Å². The molecule has 0 unspecified atom stereocenters. The van der Waals surface area contributed by atoms with Crippen LogP contribution >= 0.6 is 0 Å². The number of hydrogen-bond acceptors (Lipinski definition) is 5. The number of carbonyl (C=O) groups is 1. The summed E-state index contributed by atoms with van der Waals surface area (Å²) >= 11 is 0. The lowest BCUT2D eigenvalue weighted by molar-refractivity contribution is -0.122. The van der Waals surface area contributed by atoms with Crippen molar-refractivity contribution >= 4 is 27.3 Å². The first-order valence-electron chi connectivity index (χ1n) is 9.87. The van der Waals surface area contributed by atoms with E-state index in [-0.39, 0.29) is 35.7 Å². The molecule has 0 saturated heterocycles. The van der Waals surface area contributed by atoms with Crippen LogP contribution in [0, 0.1) is 25.7 Å². The highest BCUT2D eigenvalue weighted by Gasteiger charge is 2.24. The van der Waals surface area contributed by atoms with Crippen LogP contribution in [0.25, 0.3) is 0 Å². The molecule has 164 valence electrons. The van der Waals surface area contributed by atoms with E-state index in [0.29, 0.717) is 11.4 Å². The number of ether oxygens (including phenoxy) is 1. The quantitative estimate of drug-likeness (QED) is 0.558. The van der Waals surface area contributed by atoms with Crippen molar-refractivity contribution in [2.45, 2.75) is 39.5 Å². The molecule has 1 atom stereocenters. The van der Waals surface area contributed by atoms with Crippen LogP contribution in [-0.2, 0) is 14.8 Å². The summed E-state index contributed by atoms with van der Waals surface area (Å²) in [4.78, 5) is 12.4. The molecular formula is C22H30N2O5S. The van der Waals surface area contributed by atoms with Gasteiger partial charge in [-0.3, -0.25) is 9.52 Å². The third kappa shape index (κ3) is 5.73. The van der Waals surface area contributed by atoms with Crippen LogP contribution in [0.3, 0.4) is 0 Å². The standard InChI is InChI=1S/C22H30N2O5S/c1-6-29-20-12-17(23-22(26)19(13-25)14(2)3)9-10-21(20)30(27,28)24-18-8-7-15(4)16(5)11-18/h7-12,14,19,24-25H,6,13H2,1-5H3,(H,23,26)/t19-/m0/s1. The Balaban J connectivity index is 2.33. The SMILES string of the molecule is CCOc1cc(NC(=O)[C@@H](CO)C(C)C)ccc1S(=O)(=O)Nc1ccc(C)c(C)c1. The molecule has 0 saturated carbocycles. The zero-order valence-corrected chi connectivity index (χ0v) is 18.8. The third-order valence-corrected chi connectivity index (χ3v) is 6.32. The van der Waals surface area contributed by atoms with Gasteiger partial charge in [0.1, 0.15) is 10.6 Å². The van der Waals surface area contributed by atoms with Gasteiger partial charge in [0.05, 0.1) is 19.1 Å². The minimum absolute atomic E-state index is 0.0249. The third-order valence-electron chi connectivity index (χ3n) is 4.90. The van der Waals surface area contributed by atoms with Crippen molar-refractivity contribution in [3.63, 3.8) is 0 Å². The molecule has 0 heterocycles. The van der Waals surface area contributed by atoms with Gasteiger partial charge in [-0.2, -0.15) is 0 Å². The molecule has 2 aromatic rings. The predicted molar refractivity (Wildman–Crippen MR) is 118 cm³/mol. The van der Waals surface area contributed by atoms with Gasteiger partial charge >= 0.3 is 0 Å². The van der Waals surface area contributed by atoms with E-state index in [1.165, 1.54) is 18.2 Å². The van der Waals surface area contributed by atoms with Gasteiger partial charge in [0.15, 0.2) is 0 Å². The summed E-state index contributed by atoms with van der Waals surface area (Å²) in [7, 11) is -3.90. The van der Waals surface area contributed by atoms with E-state index in [9.17, 15) is 18.3 Å². The number of aliphatic hydroxyl groups excluding tert-OH is 1. The number of amides is 1. The monoisotopic (exact) mass is 434 g/mol. The van der Waals surface area contributed by atoms with Crippen molar-refractivity contribution in [3.05, 3.63) is 47.5 Å². The Morgan fingerprint density at radius 3 is 2.30 bits per heavy atom. The van der Waals surface area contributed by atoms with Crippen LogP contribution in [0.2, 0.25) is 0 Å². The zero-order chi connectivity index (χ0) is 22.5. The largest absolute Gasteiger partial charge is 0.492 e. The zero-order valence-electron chi connectivity index (χ0n) is 18.0. The van der Waals surface area contributed by atoms with E-state index in [1.54, 1.807) is 19.1 Å². The van der Waals surface area contributed by atoms with Gasteiger partial charge in [0, 0.05) is 17.4 Å². The van der Waals surface area contributed by atoms with Crippen LogP contribution in [0.1, 0.15) is 31.9 Å². The lowest BCUT2D eigenvalue weighted by atomic mass is 9.96. The minimum Gasteiger partial charge on any atom is -0.492 e. The van der Waals surface area contributed by atoms with Crippen LogP contribution < -0.4 is 14.8 Å².